The van der Waals surface area contributed by atoms with Gasteiger partial charge in [-0.3, -0.25) is 4.90 Å². The molecule has 2 aliphatic rings. The Morgan fingerprint density at radius 2 is 2.25 bits per heavy atom. The number of hydrogen-bond donors (Lipinski definition) is 1. The molecule has 0 radical (unpaired) electrons. The maximum Gasteiger partial charge on any atom is 0.222 e. The lowest BCUT2D eigenvalue weighted by atomic mass is 9.88. The van der Waals surface area contributed by atoms with Crippen LogP contribution in [0.4, 0.5) is 5.95 Å². The van der Waals surface area contributed by atoms with Gasteiger partial charge in [0, 0.05) is 41.7 Å². The van der Waals surface area contributed by atoms with Crippen LogP contribution in [0.15, 0.2) is 30.6 Å². The van der Waals surface area contributed by atoms with E-state index in [0.717, 1.165) is 32.5 Å². The van der Waals surface area contributed by atoms with E-state index in [1.54, 1.807) is 12.4 Å². The van der Waals surface area contributed by atoms with Gasteiger partial charge in [0.1, 0.15) is 0 Å². The summed E-state index contributed by atoms with van der Waals surface area (Å²) in [6.45, 7) is 6.15. The first-order valence-corrected chi connectivity index (χ1v) is 9.48. The summed E-state index contributed by atoms with van der Waals surface area (Å²) in [5.41, 5.74) is -0.00298. The second-order valence-corrected chi connectivity index (χ2v) is 8.31. The molecule has 0 bridgehead atoms. The van der Waals surface area contributed by atoms with E-state index < -0.39 is 0 Å². The van der Waals surface area contributed by atoms with E-state index in [4.69, 9.17) is 4.74 Å². The van der Waals surface area contributed by atoms with Gasteiger partial charge in [-0.2, -0.15) is 0 Å². The minimum atomic E-state index is -0.00298. The third-order valence-corrected chi connectivity index (χ3v) is 5.89. The number of ether oxygens (including phenoxy) is 1. The third kappa shape index (κ3) is 3.61. The number of anilines is 1. The van der Waals surface area contributed by atoms with Gasteiger partial charge in [0.25, 0.3) is 0 Å². The monoisotopic (exact) mass is 344 g/mol. The van der Waals surface area contributed by atoms with Crippen molar-refractivity contribution in [3.63, 3.8) is 0 Å². The number of rotatable bonds is 4. The lowest BCUT2D eigenvalue weighted by Crippen LogP contribution is -2.47. The standard InChI is InChI=1S/C18H24N4OS/c1-14-4-5-16(24-14)11-22-9-2-6-18(13-22)10-15(12-23-18)21-17-19-7-3-8-20-17/h3-5,7-8,15H,2,6,9-13H2,1H3,(H,19,20,21)/t15-,18-/m0/s1. The van der Waals surface area contributed by atoms with Gasteiger partial charge in [-0.05, 0) is 44.5 Å². The van der Waals surface area contributed by atoms with E-state index >= 15 is 0 Å². The molecule has 128 valence electrons. The summed E-state index contributed by atoms with van der Waals surface area (Å²) in [4.78, 5) is 13.9. The Bertz CT molecular complexity index is 677. The largest absolute Gasteiger partial charge is 0.371 e. The van der Waals surface area contributed by atoms with E-state index in [0.29, 0.717) is 12.0 Å². The number of thiophene rings is 1. The lowest BCUT2D eigenvalue weighted by Gasteiger charge is -2.39. The molecule has 2 fully saturated rings. The van der Waals surface area contributed by atoms with Gasteiger partial charge in [-0.1, -0.05) is 0 Å². The number of aryl methyl sites for hydroxylation is 1. The highest BCUT2D eigenvalue weighted by Gasteiger charge is 2.43. The summed E-state index contributed by atoms with van der Waals surface area (Å²) in [5.74, 6) is 0.699. The van der Waals surface area contributed by atoms with Crippen molar-refractivity contribution in [2.24, 2.45) is 0 Å². The van der Waals surface area contributed by atoms with E-state index in [1.165, 1.54) is 22.7 Å². The van der Waals surface area contributed by atoms with E-state index in [1.807, 2.05) is 17.4 Å². The second kappa shape index (κ2) is 6.78. The molecule has 0 aromatic carbocycles. The van der Waals surface area contributed by atoms with Gasteiger partial charge in [-0.25, -0.2) is 9.97 Å². The molecule has 2 atom stereocenters. The van der Waals surface area contributed by atoms with Crippen LogP contribution < -0.4 is 5.32 Å². The molecule has 5 nitrogen and oxygen atoms in total. The fraction of sp³-hybridized carbons (Fsp3) is 0.556. The summed E-state index contributed by atoms with van der Waals surface area (Å²) in [7, 11) is 0. The number of aromatic nitrogens is 2. The van der Waals surface area contributed by atoms with E-state index in [9.17, 15) is 0 Å². The van der Waals surface area contributed by atoms with Crippen molar-refractivity contribution in [1.82, 2.24) is 14.9 Å². The fourth-order valence-electron chi connectivity index (χ4n) is 3.89. The highest BCUT2D eigenvalue weighted by atomic mass is 32.1. The molecule has 2 aliphatic heterocycles. The van der Waals surface area contributed by atoms with Crippen LogP contribution in [0.1, 0.15) is 29.0 Å². The van der Waals surface area contributed by atoms with Crippen LogP contribution in [-0.4, -0.2) is 46.2 Å². The summed E-state index contributed by atoms with van der Waals surface area (Å²) in [6, 6.07) is 6.61. The van der Waals surface area contributed by atoms with Crippen LogP contribution >= 0.6 is 11.3 Å². The van der Waals surface area contributed by atoms with Gasteiger partial charge in [0.05, 0.1) is 18.2 Å². The summed E-state index contributed by atoms with van der Waals surface area (Å²) in [5, 5.41) is 3.42. The Kier molecular flexibility index (Phi) is 4.52. The third-order valence-electron chi connectivity index (χ3n) is 4.90. The number of piperidine rings is 1. The maximum absolute atomic E-state index is 6.28. The molecule has 1 N–H and O–H groups in total. The number of nitrogens with one attached hydrogen (secondary N) is 1. The topological polar surface area (TPSA) is 50.3 Å². The molecule has 2 aromatic rings. The molecule has 6 heteroatoms. The molecule has 2 aromatic heterocycles. The minimum absolute atomic E-state index is 0.00298. The summed E-state index contributed by atoms with van der Waals surface area (Å²) < 4.78 is 6.28. The quantitative estimate of drug-likeness (QED) is 0.924. The molecular formula is C18H24N4OS. The Balaban J connectivity index is 1.36. The zero-order chi connectivity index (χ0) is 16.4. The highest BCUT2D eigenvalue weighted by molar-refractivity contribution is 7.11. The molecule has 4 heterocycles. The molecule has 24 heavy (non-hydrogen) atoms. The first kappa shape index (κ1) is 16.0. The van der Waals surface area contributed by atoms with Crippen LogP contribution in [0.25, 0.3) is 0 Å². The first-order chi connectivity index (χ1) is 11.7. The van der Waals surface area contributed by atoms with Crippen molar-refractivity contribution in [1.29, 1.82) is 0 Å². The van der Waals surface area contributed by atoms with Crippen LogP contribution in [0.5, 0.6) is 0 Å². The van der Waals surface area contributed by atoms with Gasteiger partial charge in [0.15, 0.2) is 0 Å². The van der Waals surface area contributed by atoms with Crippen LogP contribution in [0, 0.1) is 6.92 Å². The maximum atomic E-state index is 6.28. The van der Waals surface area contributed by atoms with Crippen LogP contribution in [0.2, 0.25) is 0 Å². The molecule has 0 aliphatic carbocycles. The molecular weight excluding hydrogens is 320 g/mol. The normalized spacial score (nSPS) is 27.6. The van der Waals surface area contributed by atoms with Crippen molar-refractivity contribution in [3.05, 3.63) is 40.3 Å². The molecule has 1 spiro atoms. The smallest absolute Gasteiger partial charge is 0.222 e. The number of hydrogen-bond acceptors (Lipinski definition) is 6. The summed E-state index contributed by atoms with van der Waals surface area (Å²) >= 11 is 1.90. The second-order valence-electron chi connectivity index (χ2n) is 6.94. The Morgan fingerprint density at radius 1 is 1.38 bits per heavy atom. The fourth-order valence-corrected chi connectivity index (χ4v) is 4.83. The van der Waals surface area contributed by atoms with Crippen molar-refractivity contribution in [2.75, 3.05) is 25.0 Å². The first-order valence-electron chi connectivity index (χ1n) is 8.66. The Hall–Kier alpha value is -1.50. The molecule has 2 saturated heterocycles. The van der Waals surface area contributed by atoms with Gasteiger partial charge in [0.2, 0.25) is 5.95 Å². The van der Waals surface area contributed by atoms with Crippen molar-refractivity contribution < 1.29 is 4.74 Å². The number of nitrogens with zero attached hydrogens (tertiary/aromatic N) is 3. The molecule has 0 amide bonds. The molecule has 0 unspecified atom stereocenters. The molecule has 4 rings (SSSR count). The van der Waals surface area contributed by atoms with E-state index in [-0.39, 0.29) is 5.60 Å². The number of likely N-dealkylation sites (tertiary alicyclic amines) is 1. The average molecular weight is 344 g/mol. The zero-order valence-corrected chi connectivity index (χ0v) is 14.9. The van der Waals surface area contributed by atoms with Crippen LogP contribution in [0.3, 0.4) is 0 Å². The zero-order valence-electron chi connectivity index (χ0n) is 14.1. The van der Waals surface area contributed by atoms with Gasteiger partial charge >= 0.3 is 0 Å². The summed E-state index contributed by atoms with van der Waals surface area (Å²) in [6.07, 6.45) is 6.93. The lowest BCUT2D eigenvalue weighted by molar-refractivity contribution is -0.0531. The highest BCUT2D eigenvalue weighted by Crippen LogP contribution is 2.36. The van der Waals surface area contributed by atoms with Crippen molar-refractivity contribution in [2.45, 2.75) is 44.4 Å². The average Bonchev–Trinajstić information content (AvgIpc) is 3.15. The van der Waals surface area contributed by atoms with E-state index in [2.05, 4.69) is 39.2 Å². The van der Waals surface area contributed by atoms with Crippen molar-refractivity contribution in [3.8, 4) is 0 Å². The molecule has 0 saturated carbocycles. The predicted molar refractivity (Wildman–Crippen MR) is 96.3 cm³/mol. The van der Waals surface area contributed by atoms with Crippen molar-refractivity contribution >= 4 is 17.3 Å². The Labute approximate surface area is 147 Å². The van der Waals surface area contributed by atoms with Crippen LogP contribution in [-0.2, 0) is 11.3 Å². The Morgan fingerprint density at radius 3 is 3.04 bits per heavy atom. The SMILES string of the molecule is Cc1ccc(CN2CCC[C@]3(C[C@H](Nc4ncccn4)CO3)C2)s1. The van der Waals surface area contributed by atoms with Gasteiger partial charge < -0.3 is 10.1 Å². The predicted octanol–water partition coefficient (Wildman–Crippen LogP) is 3.08. The minimum Gasteiger partial charge on any atom is -0.371 e. The van der Waals surface area contributed by atoms with Gasteiger partial charge in [-0.15, -0.1) is 11.3 Å².